The average Bonchev–Trinajstić information content (AvgIpc) is 3.11. The summed E-state index contributed by atoms with van der Waals surface area (Å²) in [6.07, 6.45) is 3.59. The van der Waals surface area contributed by atoms with Gasteiger partial charge in [0, 0.05) is 0 Å². The Morgan fingerprint density at radius 1 is 1.21 bits per heavy atom. The summed E-state index contributed by atoms with van der Waals surface area (Å²) in [4.78, 5) is 36.5. The van der Waals surface area contributed by atoms with E-state index < -0.39 is 23.8 Å². The van der Waals surface area contributed by atoms with Crippen LogP contribution in [0.15, 0.2) is 57.2 Å². The topological polar surface area (TPSA) is 109 Å². The summed E-state index contributed by atoms with van der Waals surface area (Å²) in [5.41, 5.74) is 0.587. The molecule has 1 atom stereocenters. The number of carbonyl (C=O) groups excluding carboxylic acids is 2. The summed E-state index contributed by atoms with van der Waals surface area (Å²) in [7, 11) is 0. The van der Waals surface area contributed by atoms with Gasteiger partial charge in [0.15, 0.2) is 10.4 Å². The second-order valence-corrected chi connectivity index (χ2v) is 7.44. The highest BCUT2D eigenvalue weighted by Gasteiger charge is 2.23. The number of thioether (sulfide) groups is 1. The Bertz CT molecular complexity index is 866. The average molecular weight is 467 g/mol. The third-order valence-electron chi connectivity index (χ3n) is 3.61. The first-order valence-electron chi connectivity index (χ1n) is 8.26. The zero-order chi connectivity index (χ0) is 20.5. The van der Waals surface area contributed by atoms with E-state index in [1.807, 2.05) is 12.3 Å². The Morgan fingerprint density at radius 3 is 2.50 bits per heavy atom. The van der Waals surface area contributed by atoms with Crippen LogP contribution in [0, 0.1) is 0 Å². The molecule has 0 aliphatic heterocycles. The van der Waals surface area contributed by atoms with E-state index in [-0.39, 0.29) is 17.9 Å². The van der Waals surface area contributed by atoms with Crippen LogP contribution in [-0.4, -0.2) is 40.9 Å². The predicted molar refractivity (Wildman–Crippen MR) is 111 cm³/mol. The third-order valence-corrected chi connectivity index (χ3v) is 4.68. The molecule has 0 saturated heterocycles. The monoisotopic (exact) mass is 466 g/mol. The summed E-state index contributed by atoms with van der Waals surface area (Å²) < 4.78 is 5.57. The highest BCUT2D eigenvalue weighted by atomic mass is 79.9. The molecule has 1 aromatic carbocycles. The zero-order valence-corrected chi connectivity index (χ0v) is 17.4. The van der Waals surface area contributed by atoms with Crippen molar-refractivity contribution in [3.63, 3.8) is 0 Å². The number of rotatable bonds is 9. The van der Waals surface area contributed by atoms with Crippen molar-refractivity contribution in [2.45, 2.75) is 12.5 Å². The Hall–Kier alpha value is -2.52. The molecule has 7 nitrogen and oxygen atoms in total. The first-order valence-corrected chi connectivity index (χ1v) is 10.5. The lowest BCUT2D eigenvalue weighted by Crippen LogP contribution is -2.44. The predicted octanol–water partition coefficient (Wildman–Crippen LogP) is 3.14. The second kappa shape index (κ2) is 10.7. The summed E-state index contributed by atoms with van der Waals surface area (Å²) >= 11 is 4.59. The molecule has 1 aromatic heterocycles. The summed E-state index contributed by atoms with van der Waals surface area (Å²) in [6.45, 7) is 0. The molecular formula is C19H19BrN2O5S. The number of carboxylic acid groups (broad SMARTS) is 1. The van der Waals surface area contributed by atoms with Gasteiger partial charge in [0.2, 0.25) is 0 Å². The number of carboxylic acids is 1. The van der Waals surface area contributed by atoms with Gasteiger partial charge in [0.25, 0.3) is 11.8 Å². The van der Waals surface area contributed by atoms with Crippen molar-refractivity contribution in [2.24, 2.45) is 0 Å². The van der Waals surface area contributed by atoms with Crippen LogP contribution in [0.3, 0.4) is 0 Å². The Balaban J connectivity index is 2.24. The molecule has 0 bridgehead atoms. The smallest absolute Gasteiger partial charge is 0.326 e. The largest absolute Gasteiger partial charge is 0.480 e. The highest BCUT2D eigenvalue weighted by molar-refractivity contribution is 9.10. The van der Waals surface area contributed by atoms with Crippen molar-refractivity contribution in [1.29, 1.82) is 0 Å². The first-order chi connectivity index (χ1) is 13.4. The van der Waals surface area contributed by atoms with E-state index in [1.54, 1.807) is 30.3 Å². The number of aliphatic carboxylic acids is 1. The van der Waals surface area contributed by atoms with Crippen LogP contribution >= 0.6 is 27.7 Å². The van der Waals surface area contributed by atoms with Crippen molar-refractivity contribution in [3.05, 3.63) is 64.2 Å². The molecule has 2 rings (SSSR count). The number of hydrogen-bond donors (Lipinski definition) is 3. The summed E-state index contributed by atoms with van der Waals surface area (Å²) in [5, 5.41) is 14.3. The fourth-order valence-electron chi connectivity index (χ4n) is 2.22. The van der Waals surface area contributed by atoms with Crippen LogP contribution in [-0.2, 0) is 9.59 Å². The lowest BCUT2D eigenvalue weighted by atomic mass is 10.1. The molecular weight excluding hydrogens is 448 g/mol. The van der Waals surface area contributed by atoms with Crippen LogP contribution in [0.1, 0.15) is 22.5 Å². The highest BCUT2D eigenvalue weighted by Crippen LogP contribution is 2.15. The maximum absolute atomic E-state index is 12.7. The molecule has 9 heteroatoms. The molecule has 0 spiro atoms. The molecule has 28 heavy (non-hydrogen) atoms. The molecule has 2 amide bonds. The van der Waals surface area contributed by atoms with Crippen molar-refractivity contribution >= 4 is 51.6 Å². The molecule has 0 saturated carbocycles. The molecule has 0 aliphatic rings. The fourth-order valence-corrected chi connectivity index (χ4v) is 3.00. The van der Waals surface area contributed by atoms with E-state index in [4.69, 9.17) is 4.42 Å². The van der Waals surface area contributed by atoms with Crippen molar-refractivity contribution in [1.82, 2.24) is 10.6 Å². The number of amides is 2. The van der Waals surface area contributed by atoms with Crippen molar-refractivity contribution in [2.75, 3.05) is 12.0 Å². The Morgan fingerprint density at radius 2 is 1.93 bits per heavy atom. The number of nitrogens with one attached hydrogen (secondary N) is 2. The van der Waals surface area contributed by atoms with E-state index >= 15 is 0 Å². The zero-order valence-electron chi connectivity index (χ0n) is 15.0. The van der Waals surface area contributed by atoms with Crippen LogP contribution < -0.4 is 10.6 Å². The Labute approximate surface area is 174 Å². The summed E-state index contributed by atoms with van der Waals surface area (Å²) in [5.74, 6) is -1.88. The van der Waals surface area contributed by atoms with Gasteiger partial charge < -0.3 is 20.2 Å². The second-order valence-electron chi connectivity index (χ2n) is 5.67. The number of hydrogen-bond acceptors (Lipinski definition) is 5. The lowest BCUT2D eigenvalue weighted by Gasteiger charge is -2.16. The lowest BCUT2D eigenvalue weighted by molar-refractivity contribution is -0.141. The van der Waals surface area contributed by atoms with Crippen LogP contribution in [0.25, 0.3) is 6.08 Å². The van der Waals surface area contributed by atoms with Crippen molar-refractivity contribution < 1.29 is 23.9 Å². The molecule has 0 aliphatic carbocycles. The van der Waals surface area contributed by atoms with Crippen LogP contribution in [0.5, 0.6) is 0 Å². The Kier molecular flexibility index (Phi) is 8.34. The normalized spacial score (nSPS) is 12.3. The number of benzene rings is 1. The molecule has 3 N–H and O–H groups in total. The minimum Gasteiger partial charge on any atom is -0.480 e. The first kappa shape index (κ1) is 21.8. The summed E-state index contributed by atoms with van der Waals surface area (Å²) in [6, 6.07) is 10.8. The number of carbonyl (C=O) groups is 3. The SMILES string of the molecule is CSCC[C@@H](NC(=O)/C(=C\c1ccccc1)NC(=O)c1ccc(Br)o1)C(=O)O. The fraction of sp³-hybridized carbons (Fsp3) is 0.211. The van der Waals surface area contributed by atoms with E-state index in [9.17, 15) is 19.5 Å². The molecule has 0 unspecified atom stereocenters. The third kappa shape index (κ3) is 6.58. The quantitative estimate of drug-likeness (QED) is 0.489. The van der Waals surface area contributed by atoms with E-state index in [0.29, 0.717) is 16.0 Å². The van der Waals surface area contributed by atoms with Gasteiger partial charge in [0.1, 0.15) is 11.7 Å². The molecule has 0 radical (unpaired) electrons. The van der Waals surface area contributed by atoms with Gasteiger partial charge in [0.05, 0.1) is 0 Å². The van der Waals surface area contributed by atoms with Gasteiger partial charge in [-0.25, -0.2) is 4.79 Å². The van der Waals surface area contributed by atoms with Gasteiger partial charge in [-0.1, -0.05) is 30.3 Å². The number of furan rings is 1. The maximum Gasteiger partial charge on any atom is 0.326 e. The van der Waals surface area contributed by atoms with Gasteiger partial charge in [-0.3, -0.25) is 9.59 Å². The minimum atomic E-state index is -1.14. The van der Waals surface area contributed by atoms with Gasteiger partial charge >= 0.3 is 5.97 Å². The van der Waals surface area contributed by atoms with Crippen LogP contribution in [0.2, 0.25) is 0 Å². The molecule has 1 heterocycles. The minimum absolute atomic E-state index is 0.0100. The van der Waals surface area contributed by atoms with E-state index in [2.05, 4.69) is 26.6 Å². The van der Waals surface area contributed by atoms with Crippen molar-refractivity contribution in [3.8, 4) is 0 Å². The van der Waals surface area contributed by atoms with Gasteiger partial charge in [-0.2, -0.15) is 11.8 Å². The molecule has 148 valence electrons. The maximum atomic E-state index is 12.7. The van der Waals surface area contributed by atoms with Gasteiger partial charge in [-0.15, -0.1) is 0 Å². The van der Waals surface area contributed by atoms with Crippen LogP contribution in [0.4, 0.5) is 0 Å². The molecule has 0 fully saturated rings. The van der Waals surface area contributed by atoms with E-state index in [1.165, 1.54) is 23.9 Å². The standard InChI is InChI=1S/C19H19BrN2O5S/c1-28-10-9-13(19(25)26)21-17(23)14(11-12-5-3-2-4-6-12)22-18(24)15-7-8-16(20)27-15/h2-8,11,13H,9-10H2,1H3,(H,21,23)(H,22,24)(H,25,26)/b14-11+/t13-/m1/s1. The van der Waals surface area contributed by atoms with Gasteiger partial charge in [-0.05, 0) is 58.1 Å². The molecule has 2 aromatic rings. The number of halogens is 1. The van der Waals surface area contributed by atoms with E-state index in [0.717, 1.165) is 0 Å².